The Morgan fingerprint density at radius 1 is 1.25 bits per heavy atom. The van der Waals surface area contributed by atoms with Crippen LogP contribution in [0.5, 0.6) is 5.75 Å². The summed E-state index contributed by atoms with van der Waals surface area (Å²) >= 11 is 0. The van der Waals surface area contributed by atoms with Crippen molar-refractivity contribution in [3.05, 3.63) is 23.8 Å². The summed E-state index contributed by atoms with van der Waals surface area (Å²) in [5.74, 6) is 0.883. The molecular weight excluding hydrogens is 304 g/mol. The Hall–Kier alpha value is -2.04. The zero-order chi connectivity index (χ0) is 17.5. The largest absolute Gasteiger partial charge is 0.482 e. The number of carbonyl (C=O) groups excluding carboxylic acids is 2. The molecule has 0 fully saturated rings. The van der Waals surface area contributed by atoms with Crippen LogP contribution in [0.2, 0.25) is 0 Å². The van der Waals surface area contributed by atoms with Gasteiger partial charge in [0.15, 0.2) is 6.61 Å². The molecule has 0 N–H and O–H groups in total. The number of fused-ring (bicyclic) bond motifs is 1. The van der Waals surface area contributed by atoms with Crippen LogP contribution in [-0.2, 0) is 9.59 Å². The first-order valence-corrected chi connectivity index (χ1v) is 8.88. The van der Waals surface area contributed by atoms with Crippen molar-refractivity contribution in [3.8, 4) is 5.75 Å². The first kappa shape index (κ1) is 18.3. The lowest BCUT2D eigenvalue weighted by molar-refractivity contribution is -0.131. The van der Waals surface area contributed by atoms with E-state index in [0.717, 1.165) is 42.9 Å². The number of aryl methyl sites for hydroxylation is 1. The van der Waals surface area contributed by atoms with Crippen LogP contribution in [-0.4, -0.2) is 43.0 Å². The second kappa shape index (κ2) is 8.71. The Bertz CT molecular complexity index is 580. The number of benzene rings is 1. The summed E-state index contributed by atoms with van der Waals surface area (Å²) in [6, 6.07) is 5.85. The lowest BCUT2D eigenvalue weighted by Gasteiger charge is -2.30. The molecule has 0 unspecified atom stereocenters. The van der Waals surface area contributed by atoms with E-state index in [4.69, 9.17) is 4.74 Å². The second-order valence-electron chi connectivity index (χ2n) is 6.29. The lowest BCUT2D eigenvalue weighted by Crippen LogP contribution is -2.40. The molecule has 0 radical (unpaired) electrons. The Balaban J connectivity index is 1.95. The van der Waals surface area contributed by atoms with Crippen molar-refractivity contribution in [2.24, 2.45) is 0 Å². The monoisotopic (exact) mass is 332 g/mol. The third kappa shape index (κ3) is 4.49. The first-order valence-electron chi connectivity index (χ1n) is 8.88. The van der Waals surface area contributed by atoms with Gasteiger partial charge >= 0.3 is 0 Å². The number of rotatable bonds is 8. The summed E-state index contributed by atoms with van der Waals surface area (Å²) in [6.07, 6.45) is 3.09. The van der Waals surface area contributed by atoms with Gasteiger partial charge in [0.05, 0.1) is 5.69 Å². The fraction of sp³-hybridized carbons (Fsp3) is 0.579. The number of ether oxygens (including phenoxy) is 1. The van der Waals surface area contributed by atoms with Gasteiger partial charge in [-0.2, -0.15) is 0 Å². The van der Waals surface area contributed by atoms with Crippen LogP contribution in [0.1, 0.15) is 45.1 Å². The topological polar surface area (TPSA) is 49.9 Å². The number of carbonyl (C=O) groups is 2. The van der Waals surface area contributed by atoms with E-state index >= 15 is 0 Å². The summed E-state index contributed by atoms with van der Waals surface area (Å²) in [6.45, 7) is 8.41. The minimum absolute atomic E-state index is 0.0421. The maximum Gasteiger partial charge on any atom is 0.265 e. The third-order valence-corrected chi connectivity index (χ3v) is 4.17. The molecule has 0 aromatic heterocycles. The average Bonchev–Trinajstić information content (AvgIpc) is 2.56. The van der Waals surface area contributed by atoms with Crippen molar-refractivity contribution in [3.63, 3.8) is 0 Å². The minimum Gasteiger partial charge on any atom is -0.482 e. The highest BCUT2D eigenvalue weighted by Gasteiger charge is 2.25. The molecule has 0 saturated carbocycles. The number of anilines is 1. The van der Waals surface area contributed by atoms with Crippen molar-refractivity contribution in [1.29, 1.82) is 0 Å². The molecule has 132 valence electrons. The highest BCUT2D eigenvalue weighted by atomic mass is 16.5. The summed E-state index contributed by atoms with van der Waals surface area (Å²) in [5.41, 5.74) is 1.91. The zero-order valence-electron chi connectivity index (χ0n) is 15.0. The van der Waals surface area contributed by atoms with E-state index in [9.17, 15) is 9.59 Å². The molecule has 0 bridgehead atoms. The summed E-state index contributed by atoms with van der Waals surface area (Å²) in [5, 5.41) is 0. The fourth-order valence-electron chi connectivity index (χ4n) is 3.00. The molecular formula is C19H28N2O3. The van der Waals surface area contributed by atoms with Crippen LogP contribution in [0.15, 0.2) is 18.2 Å². The molecule has 0 spiro atoms. The zero-order valence-corrected chi connectivity index (χ0v) is 15.0. The lowest BCUT2D eigenvalue weighted by atomic mass is 10.1. The van der Waals surface area contributed by atoms with Gasteiger partial charge in [0.1, 0.15) is 5.75 Å². The van der Waals surface area contributed by atoms with Crippen molar-refractivity contribution >= 4 is 17.5 Å². The van der Waals surface area contributed by atoms with Crippen LogP contribution in [0.25, 0.3) is 0 Å². The molecule has 1 aromatic rings. The Morgan fingerprint density at radius 2 is 1.96 bits per heavy atom. The molecule has 5 nitrogen and oxygen atoms in total. The summed E-state index contributed by atoms with van der Waals surface area (Å²) in [7, 11) is 0. The predicted molar refractivity (Wildman–Crippen MR) is 95.4 cm³/mol. The molecule has 1 aliphatic heterocycles. The number of hydrogen-bond donors (Lipinski definition) is 0. The van der Waals surface area contributed by atoms with E-state index in [2.05, 4.69) is 13.8 Å². The molecule has 5 heteroatoms. The normalized spacial score (nSPS) is 13.5. The Kier molecular flexibility index (Phi) is 6.64. The van der Waals surface area contributed by atoms with Crippen molar-refractivity contribution in [2.45, 2.75) is 46.5 Å². The second-order valence-corrected chi connectivity index (χ2v) is 6.29. The van der Waals surface area contributed by atoms with Crippen LogP contribution >= 0.6 is 0 Å². The van der Waals surface area contributed by atoms with Gasteiger partial charge in [-0.05, 0) is 43.9 Å². The van der Waals surface area contributed by atoms with Crippen LogP contribution in [0.3, 0.4) is 0 Å². The van der Waals surface area contributed by atoms with Crippen molar-refractivity contribution < 1.29 is 14.3 Å². The highest BCUT2D eigenvalue weighted by Crippen LogP contribution is 2.32. The van der Waals surface area contributed by atoms with E-state index in [-0.39, 0.29) is 18.4 Å². The maximum atomic E-state index is 12.3. The maximum absolute atomic E-state index is 12.3. The van der Waals surface area contributed by atoms with Gasteiger partial charge in [0.2, 0.25) is 5.91 Å². The molecule has 1 heterocycles. The van der Waals surface area contributed by atoms with E-state index in [1.165, 1.54) is 0 Å². The molecule has 0 atom stereocenters. The van der Waals surface area contributed by atoms with Gasteiger partial charge in [0.25, 0.3) is 5.91 Å². The number of hydrogen-bond acceptors (Lipinski definition) is 3. The van der Waals surface area contributed by atoms with Crippen LogP contribution in [0, 0.1) is 6.92 Å². The van der Waals surface area contributed by atoms with Gasteiger partial charge in [-0.1, -0.05) is 19.9 Å². The van der Waals surface area contributed by atoms with Crippen molar-refractivity contribution in [2.75, 3.05) is 31.1 Å². The van der Waals surface area contributed by atoms with E-state index in [1.54, 1.807) is 4.90 Å². The SMILES string of the molecule is CCCN(CCC)C(=O)CCCN1C(=O)COc2ccc(C)cc21. The van der Waals surface area contributed by atoms with E-state index < -0.39 is 0 Å². The van der Waals surface area contributed by atoms with Crippen LogP contribution in [0.4, 0.5) is 5.69 Å². The van der Waals surface area contributed by atoms with Gasteiger partial charge in [-0.15, -0.1) is 0 Å². The Labute approximate surface area is 144 Å². The highest BCUT2D eigenvalue weighted by molar-refractivity contribution is 5.98. The molecule has 2 amide bonds. The van der Waals surface area contributed by atoms with Crippen molar-refractivity contribution in [1.82, 2.24) is 4.90 Å². The predicted octanol–water partition coefficient (Wildman–Crippen LogP) is 3.15. The smallest absolute Gasteiger partial charge is 0.265 e. The van der Waals surface area contributed by atoms with E-state index in [0.29, 0.717) is 19.4 Å². The van der Waals surface area contributed by atoms with Gasteiger partial charge in [0, 0.05) is 26.1 Å². The number of nitrogens with zero attached hydrogens (tertiary/aromatic N) is 2. The molecule has 2 rings (SSSR count). The summed E-state index contributed by atoms with van der Waals surface area (Å²) < 4.78 is 5.48. The van der Waals surface area contributed by atoms with E-state index in [1.807, 2.05) is 30.0 Å². The minimum atomic E-state index is -0.0421. The number of amides is 2. The van der Waals surface area contributed by atoms with Gasteiger partial charge in [-0.3, -0.25) is 9.59 Å². The Morgan fingerprint density at radius 3 is 2.62 bits per heavy atom. The molecule has 0 saturated heterocycles. The molecule has 0 aliphatic carbocycles. The quantitative estimate of drug-likeness (QED) is 0.735. The first-order chi connectivity index (χ1) is 11.6. The fourth-order valence-corrected chi connectivity index (χ4v) is 3.00. The molecule has 24 heavy (non-hydrogen) atoms. The molecule has 1 aromatic carbocycles. The summed E-state index contributed by atoms with van der Waals surface area (Å²) in [4.78, 5) is 28.2. The van der Waals surface area contributed by atoms with Gasteiger partial charge in [-0.25, -0.2) is 0 Å². The van der Waals surface area contributed by atoms with Crippen LogP contribution < -0.4 is 9.64 Å². The third-order valence-electron chi connectivity index (χ3n) is 4.17. The average molecular weight is 332 g/mol. The standard InChI is InChI=1S/C19H28N2O3/c1-4-10-20(11-5-2)18(22)7-6-12-21-16-13-15(3)8-9-17(16)24-14-19(21)23/h8-9,13H,4-7,10-12,14H2,1-3H3. The van der Waals surface area contributed by atoms with Gasteiger partial charge < -0.3 is 14.5 Å². The molecule has 1 aliphatic rings.